The molecule has 2 aromatic rings. The number of aromatic nitrogens is 1. The lowest BCUT2D eigenvalue weighted by atomic mass is 10.2. The van der Waals surface area contributed by atoms with Crippen LogP contribution in [0.25, 0.3) is 0 Å². The van der Waals surface area contributed by atoms with E-state index in [1.165, 1.54) is 5.56 Å². The Kier molecular flexibility index (Phi) is 5.36. The molecule has 0 saturated heterocycles. The summed E-state index contributed by atoms with van der Waals surface area (Å²) in [5, 5.41) is 6.53. The number of ether oxygens (including phenoxy) is 1. The smallest absolute Gasteiger partial charge is 0.131 e. The Balaban J connectivity index is 1.95. The zero-order valence-corrected chi connectivity index (χ0v) is 12.3. The Morgan fingerprint density at radius 1 is 1.32 bits per heavy atom. The SMILES string of the molecule is CCCNCc1ccccc1OCc1csc(C)n1. The van der Waals surface area contributed by atoms with Crippen molar-refractivity contribution in [1.82, 2.24) is 10.3 Å². The molecule has 3 nitrogen and oxygen atoms in total. The average Bonchev–Trinajstić information content (AvgIpc) is 2.84. The maximum Gasteiger partial charge on any atom is 0.131 e. The molecular weight excluding hydrogens is 256 g/mol. The zero-order valence-electron chi connectivity index (χ0n) is 11.5. The molecule has 0 amide bonds. The molecule has 0 aliphatic rings. The Morgan fingerprint density at radius 2 is 2.16 bits per heavy atom. The van der Waals surface area contributed by atoms with E-state index in [-0.39, 0.29) is 0 Å². The van der Waals surface area contributed by atoms with Crippen molar-refractivity contribution in [2.24, 2.45) is 0 Å². The average molecular weight is 276 g/mol. The predicted octanol–water partition coefficient (Wildman–Crippen LogP) is 3.53. The summed E-state index contributed by atoms with van der Waals surface area (Å²) in [4.78, 5) is 4.41. The summed E-state index contributed by atoms with van der Waals surface area (Å²) in [5.74, 6) is 0.941. The molecule has 1 aromatic carbocycles. The van der Waals surface area contributed by atoms with Crippen molar-refractivity contribution < 1.29 is 4.74 Å². The largest absolute Gasteiger partial charge is 0.487 e. The minimum atomic E-state index is 0.537. The van der Waals surface area contributed by atoms with E-state index < -0.39 is 0 Å². The van der Waals surface area contributed by atoms with Crippen LogP contribution in [0.5, 0.6) is 5.75 Å². The highest BCUT2D eigenvalue weighted by molar-refractivity contribution is 7.09. The van der Waals surface area contributed by atoms with Crippen molar-refractivity contribution in [3.05, 3.63) is 45.9 Å². The van der Waals surface area contributed by atoms with Crippen LogP contribution in [-0.4, -0.2) is 11.5 Å². The molecular formula is C15H20N2OS. The Labute approximate surface area is 118 Å². The van der Waals surface area contributed by atoms with Crippen molar-refractivity contribution in [3.8, 4) is 5.75 Å². The number of rotatable bonds is 7. The second-order valence-electron chi connectivity index (χ2n) is 4.43. The minimum absolute atomic E-state index is 0.537. The second kappa shape index (κ2) is 7.26. The number of aryl methyl sites for hydroxylation is 1. The molecule has 4 heteroatoms. The van der Waals surface area contributed by atoms with Crippen molar-refractivity contribution >= 4 is 11.3 Å². The first kappa shape index (κ1) is 14.0. The lowest BCUT2D eigenvalue weighted by molar-refractivity contribution is 0.298. The van der Waals surface area contributed by atoms with Crippen molar-refractivity contribution in [3.63, 3.8) is 0 Å². The molecule has 102 valence electrons. The number of hydrogen-bond donors (Lipinski definition) is 1. The molecule has 0 bridgehead atoms. The summed E-state index contributed by atoms with van der Waals surface area (Å²) < 4.78 is 5.87. The van der Waals surface area contributed by atoms with Gasteiger partial charge in [0.2, 0.25) is 0 Å². The van der Waals surface area contributed by atoms with Gasteiger partial charge in [0, 0.05) is 17.5 Å². The van der Waals surface area contributed by atoms with Gasteiger partial charge in [-0.15, -0.1) is 11.3 Å². The molecule has 0 aliphatic carbocycles. The summed E-state index contributed by atoms with van der Waals surface area (Å²) in [6.45, 7) is 6.59. The van der Waals surface area contributed by atoms with E-state index in [9.17, 15) is 0 Å². The summed E-state index contributed by atoms with van der Waals surface area (Å²) in [5.41, 5.74) is 2.20. The van der Waals surface area contributed by atoms with Crippen LogP contribution in [-0.2, 0) is 13.2 Å². The number of thiazole rings is 1. The lowest BCUT2D eigenvalue weighted by Crippen LogP contribution is -2.14. The second-order valence-corrected chi connectivity index (χ2v) is 5.49. The van der Waals surface area contributed by atoms with Crippen LogP contribution >= 0.6 is 11.3 Å². The van der Waals surface area contributed by atoms with Gasteiger partial charge in [-0.25, -0.2) is 4.98 Å². The fourth-order valence-electron chi connectivity index (χ4n) is 1.82. The molecule has 0 aliphatic heterocycles. The summed E-state index contributed by atoms with van der Waals surface area (Å²) in [6.07, 6.45) is 1.14. The van der Waals surface area contributed by atoms with Crippen molar-refractivity contribution in [2.75, 3.05) is 6.54 Å². The molecule has 1 heterocycles. The van der Waals surface area contributed by atoms with E-state index in [1.807, 2.05) is 30.5 Å². The molecule has 0 saturated carbocycles. The summed E-state index contributed by atoms with van der Waals surface area (Å²) in [7, 11) is 0. The van der Waals surface area contributed by atoms with Crippen LogP contribution in [0, 0.1) is 6.92 Å². The molecule has 0 atom stereocenters. The quantitative estimate of drug-likeness (QED) is 0.786. The third-order valence-electron chi connectivity index (χ3n) is 2.76. The van der Waals surface area contributed by atoms with E-state index in [2.05, 4.69) is 23.3 Å². The zero-order chi connectivity index (χ0) is 13.5. The van der Waals surface area contributed by atoms with Gasteiger partial charge in [-0.05, 0) is 26.0 Å². The van der Waals surface area contributed by atoms with E-state index in [0.29, 0.717) is 6.61 Å². The maximum atomic E-state index is 5.87. The van der Waals surface area contributed by atoms with Gasteiger partial charge in [0.1, 0.15) is 12.4 Å². The topological polar surface area (TPSA) is 34.1 Å². The minimum Gasteiger partial charge on any atom is -0.487 e. The van der Waals surface area contributed by atoms with Crippen molar-refractivity contribution in [2.45, 2.75) is 33.4 Å². The number of nitrogens with zero attached hydrogens (tertiary/aromatic N) is 1. The highest BCUT2D eigenvalue weighted by Crippen LogP contribution is 2.19. The third kappa shape index (κ3) is 4.33. The van der Waals surface area contributed by atoms with Gasteiger partial charge < -0.3 is 10.1 Å². The van der Waals surface area contributed by atoms with Gasteiger partial charge in [-0.1, -0.05) is 25.1 Å². The molecule has 1 N–H and O–H groups in total. The van der Waals surface area contributed by atoms with Crippen LogP contribution in [0.1, 0.15) is 29.6 Å². The maximum absolute atomic E-state index is 5.87. The van der Waals surface area contributed by atoms with Gasteiger partial charge >= 0.3 is 0 Å². The first-order valence-electron chi connectivity index (χ1n) is 6.62. The molecule has 0 spiro atoms. The molecule has 0 radical (unpaired) electrons. The van der Waals surface area contributed by atoms with Gasteiger partial charge in [-0.2, -0.15) is 0 Å². The van der Waals surface area contributed by atoms with Gasteiger partial charge in [0.05, 0.1) is 10.7 Å². The van der Waals surface area contributed by atoms with E-state index in [1.54, 1.807) is 11.3 Å². The monoisotopic (exact) mass is 276 g/mol. The third-order valence-corrected chi connectivity index (χ3v) is 3.58. The first-order chi connectivity index (χ1) is 9.29. The van der Waals surface area contributed by atoms with Gasteiger partial charge in [0.25, 0.3) is 0 Å². The van der Waals surface area contributed by atoms with Crippen LogP contribution in [0.3, 0.4) is 0 Å². The molecule has 1 aromatic heterocycles. The number of benzene rings is 1. The fraction of sp³-hybridized carbons (Fsp3) is 0.400. The van der Waals surface area contributed by atoms with Crippen molar-refractivity contribution in [1.29, 1.82) is 0 Å². The molecule has 2 rings (SSSR count). The molecule has 0 unspecified atom stereocenters. The normalized spacial score (nSPS) is 10.6. The highest BCUT2D eigenvalue weighted by atomic mass is 32.1. The summed E-state index contributed by atoms with van der Waals surface area (Å²) in [6, 6.07) is 8.17. The Hall–Kier alpha value is -1.39. The Morgan fingerprint density at radius 3 is 2.89 bits per heavy atom. The Bertz CT molecular complexity index is 510. The molecule has 0 fully saturated rings. The van der Waals surface area contributed by atoms with E-state index in [4.69, 9.17) is 4.74 Å². The number of hydrogen-bond acceptors (Lipinski definition) is 4. The van der Waals surface area contributed by atoms with Gasteiger partial charge in [-0.3, -0.25) is 0 Å². The predicted molar refractivity (Wildman–Crippen MR) is 79.6 cm³/mol. The van der Waals surface area contributed by atoms with E-state index in [0.717, 1.165) is 36.0 Å². The van der Waals surface area contributed by atoms with E-state index >= 15 is 0 Å². The summed E-state index contributed by atoms with van der Waals surface area (Å²) >= 11 is 1.66. The fourth-order valence-corrected chi connectivity index (χ4v) is 2.41. The standard InChI is InChI=1S/C15H20N2OS/c1-3-8-16-9-13-6-4-5-7-15(13)18-10-14-11-19-12(2)17-14/h4-7,11,16H,3,8-10H2,1-2H3. The van der Waals surface area contributed by atoms with Crippen LogP contribution < -0.4 is 10.1 Å². The van der Waals surface area contributed by atoms with Crippen LogP contribution in [0.2, 0.25) is 0 Å². The number of nitrogens with one attached hydrogen (secondary N) is 1. The van der Waals surface area contributed by atoms with Crippen LogP contribution in [0.15, 0.2) is 29.6 Å². The first-order valence-corrected chi connectivity index (χ1v) is 7.50. The lowest BCUT2D eigenvalue weighted by Gasteiger charge is -2.11. The number of para-hydroxylation sites is 1. The highest BCUT2D eigenvalue weighted by Gasteiger charge is 2.04. The molecule has 19 heavy (non-hydrogen) atoms. The van der Waals surface area contributed by atoms with Gasteiger partial charge in [0.15, 0.2) is 0 Å². The van der Waals surface area contributed by atoms with Crippen LogP contribution in [0.4, 0.5) is 0 Å².